The van der Waals surface area contributed by atoms with E-state index in [-0.39, 0.29) is 0 Å². The first kappa shape index (κ1) is 10.3. The first-order valence-corrected chi connectivity index (χ1v) is 7.33. The highest BCUT2D eigenvalue weighted by atomic mass is 28.3. The predicted octanol–water partition coefficient (Wildman–Crippen LogP) is 2.99. The molecule has 0 bridgehead atoms. The minimum atomic E-state index is -1.17. The second kappa shape index (κ2) is 4.23. The Bertz CT molecular complexity index is 232. The summed E-state index contributed by atoms with van der Waals surface area (Å²) in [4.78, 5) is 0. The van der Waals surface area contributed by atoms with E-state index in [4.69, 9.17) is 0 Å². The second-order valence-electron chi connectivity index (χ2n) is 3.81. The van der Waals surface area contributed by atoms with Gasteiger partial charge >= 0.3 is 0 Å². The molecular weight excluding hydrogens is 148 g/mol. The summed E-state index contributed by atoms with van der Waals surface area (Å²) in [7, 11) is -1.17. The Kier molecular flexibility index (Phi) is 3.96. The van der Waals surface area contributed by atoms with Crippen molar-refractivity contribution in [3.8, 4) is 11.5 Å². The summed E-state index contributed by atoms with van der Waals surface area (Å²) in [5, 5.41) is 0. The Hall–Kier alpha value is -0.703. The maximum atomic E-state index is 3.23. The Morgan fingerprint density at radius 3 is 2.09 bits per heavy atom. The SMILES string of the molecule is CC(C)=C=CC#C[Si](C)(C)C. The molecule has 0 atom stereocenters. The molecule has 1 heteroatoms. The molecule has 0 heterocycles. The molecule has 0 aromatic carbocycles. The van der Waals surface area contributed by atoms with Crippen LogP contribution in [0.1, 0.15) is 13.8 Å². The van der Waals surface area contributed by atoms with Crippen LogP contribution in [-0.2, 0) is 0 Å². The summed E-state index contributed by atoms with van der Waals surface area (Å²) in [5.41, 5.74) is 7.47. The van der Waals surface area contributed by atoms with E-state index in [2.05, 4.69) is 36.8 Å². The van der Waals surface area contributed by atoms with Gasteiger partial charge in [0.25, 0.3) is 0 Å². The summed E-state index contributed by atoms with van der Waals surface area (Å²) in [5.74, 6) is 3.01. The quantitative estimate of drug-likeness (QED) is 0.293. The monoisotopic (exact) mass is 164 g/mol. The van der Waals surface area contributed by atoms with Crippen LogP contribution < -0.4 is 0 Å². The maximum Gasteiger partial charge on any atom is 0.129 e. The molecule has 0 unspecified atom stereocenters. The van der Waals surface area contributed by atoms with Crippen LogP contribution in [0, 0.1) is 11.5 Å². The van der Waals surface area contributed by atoms with E-state index >= 15 is 0 Å². The molecule has 0 spiro atoms. The molecular formula is C10H16Si. The Balaban J connectivity index is 4.25. The van der Waals surface area contributed by atoms with Gasteiger partial charge in [-0.15, -0.1) is 11.3 Å². The van der Waals surface area contributed by atoms with Gasteiger partial charge < -0.3 is 0 Å². The third kappa shape index (κ3) is 9.30. The molecule has 0 aromatic heterocycles. The molecule has 0 aliphatic rings. The average molecular weight is 164 g/mol. The maximum absolute atomic E-state index is 3.23. The summed E-state index contributed by atoms with van der Waals surface area (Å²) in [6.45, 7) is 10.7. The van der Waals surface area contributed by atoms with Gasteiger partial charge in [0.1, 0.15) is 8.07 Å². The zero-order valence-electron chi connectivity index (χ0n) is 8.08. The van der Waals surface area contributed by atoms with Crippen molar-refractivity contribution in [1.82, 2.24) is 0 Å². The van der Waals surface area contributed by atoms with Crippen molar-refractivity contribution in [3.05, 3.63) is 17.4 Å². The Morgan fingerprint density at radius 2 is 1.73 bits per heavy atom. The lowest BCUT2D eigenvalue weighted by Crippen LogP contribution is -2.16. The van der Waals surface area contributed by atoms with E-state index in [1.165, 1.54) is 5.57 Å². The van der Waals surface area contributed by atoms with Crippen LogP contribution in [0.5, 0.6) is 0 Å². The van der Waals surface area contributed by atoms with Crippen molar-refractivity contribution < 1.29 is 0 Å². The number of hydrogen-bond acceptors (Lipinski definition) is 0. The van der Waals surface area contributed by atoms with Crippen molar-refractivity contribution in [2.24, 2.45) is 0 Å². The first-order valence-electron chi connectivity index (χ1n) is 3.83. The van der Waals surface area contributed by atoms with Gasteiger partial charge in [-0.25, -0.2) is 0 Å². The van der Waals surface area contributed by atoms with E-state index in [0.29, 0.717) is 0 Å². The average Bonchev–Trinajstić information content (AvgIpc) is 1.78. The molecule has 0 aliphatic heterocycles. The van der Waals surface area contributed by atoms with Gasteiger partial charge in [0, 0.05) is 6.08 Å². The van der Waals surface area contributed by atoms with Crippen LogP contribution in [-0.4, -0.2) is 8.07 Å². The molecule has 0 nitrogen and oxygen atoms in total. The number of hydrogen-bond donors (Lipinski definition) is 0. The third-order valence-electron chi connectivity index (χ3n) is 0.880. The summed E-state index contributed by atoms with van der Waals surface area (Å²) in [6, 6.07) is 0. The normalized spacial score (nSPS) is 9.18. The molecule has 0 aromatic rings. The fourth-order valence-electron chi connectivity index (χ4n) is 0.433. The minimum absolute atomic E-state index is 1.17. The molecule has 11 heavy (non-hydrogen) atoms. The minimum Gasteiger partial charge on any atom is -0.127 e. The zero-order chi connectivity index (χ0) is 8.91. The molecule has 0 saturated carbocycles. The number of allylic oxidation sites excluding steroid dienone is 1. The van der Waals surface area contributed by atoms with Crippen molar-refractivity contribution in [3.63, 3.8) is 0 Å². The lowest BCUT2D eigenvalue weighted by Gasteiger charge is -2.01. The van der Waals surface area contributed by atoms with Crippen LogP contribution in [0.25, 0.3) is 0 Å². The topological polar surface area (TPSA) is 0 Å². The van der Waals surface area contributed by atoms with Crippen LogP contribution in [0.15, 0.2) is 17.4 Å². The van der Waals surface area contributed by atoms with E-state index in [9.17, 15) is 0 Å². The van der Waals surface area contributed by atoms with Crippen LogP contribution in [0.2, 0.25) is 19.6 Å². The lowest BCUT2D eigenvalue weighted by molar-refractivity contribution is 1.41. The summed E-state index contributed by atoms with van der Waals surface area (Å²) in [6.07, 6.45) is 1.81. The Morgan fingerprint density at radius 1 is 1.18 bits per heavy atom. The molecule has 0 rings (SSSR count). The Labute approximate surface area is 71.0 Å². The van der Waals surface area contributed by atoms with Gasteiger partial charge in [0.2, 0.25) is 0 Å². The predicted molar refractivity (Wildman–Crippen MR) is 54.1 cm³/mol. The molecule has 0 radical (unpaired) electrons. The fourth-order valence-corrected chi connectivity index (χ4v) is 0.938. The van der Waals surface area contributed by atoms with Crippen molar-refractivity contribution in [1.29, 1.82) is 0 Å². The second-order valence-corrected chi connectivity index (χ2v) is 8.56. The standard InChI is InChI=1S/C10H16Si/c1-10(2)8-6-7-9-11(3,4)5/h6H,1-5H3. The fraction of sp³-hybridized carbons (Fsp3) is 0.500. The molecule has 0 fully saturated rings. The third-order valence-corrected chi connectivity index (χ3v) is 1.77. The van der Waals surface area contributed by atoms with Crippen molar-refractivity contribution in [2.75, 3.05) is 0 Å². The van der Waals surface area contributed by atoms with E-state index in [0.717, 1.165) is 0 Å². The number of rotatable bonds is 0. The summed E-state index contributed by atoms with van der Waals surface area (Å²) < 4.78 is 0. The largest absolute Gasteiger partial charge is 0.129 e. The highest BCUT2D eigenvalue weighted by Gasteiger charge is 2.06. The lowest BCUT2D eigenvalue weighted by atomic mass is 10.4. The van der Waals surface area contributed by atoms with E-state index < -0.39 is 8.07 Å². The smallest absolute Gasteiger partial charge is 0.127 e. The molecule has 0 saturated heterocycles. The first-order chi connectivity index (χ1) is 4.92. The van der Waals surface area contributed by atoms with Gasteiger partial charge in [-0.1, -0.05) is 25.6 Å². The highest BCUT2D eigenvalue weighted by molar-refractivity contribution is 6.83. The van der Waals surface area contributed by atoms with E-state index in [1.807, 2.05) is 19.9 Å². The van der Waals surface area contributed by atoms with Gasteiger partial charge in [-0.2, -0.15) is 0 Å². The van der Waals surface area contributed by atoms with Crippen LogP contribution in [0.3, 0.4) is 0 Å². The molecule has 0 N–H and O–H groups in total. The van der Waals surface area contributed by atoms with Gasteiger partial charge in [-0.05, 0) is 19.4 Å². The van der Waals surface area contributed by atoms with Gasteiger partial charge in [-0.3, -0.25) is 0 Å². The molecule has 60 valence electrons. The van der Waals surface area contributed by atoms with Gasteiger partial charge in [0.15, 0.2) is 0 Å². The van der Waals surface area contributed by atoms with Crippen molar-refractivity contribution in [2.45, 2.75) is 33.5 Å². The van der Waals surface area contributed by atoms with Crippen LogP contribution in [0.4, 0.5) is 0 Å². The molecule has 0 amide bonds. The van der Waals surface area contributed by atoms with Crippen molar-refractivity contribution >= 4 is 8.07 Å². The summed E-state index contributed by atoms with van der Waals surface area (Å²) >= 11 is 0. The molecule has 0 aliphatic carbocycles. The van der Waals surface area contributed by atoms with E-state index in [1.54, 1.807) is 0 Å². The highest BCUT2D eigenvalue weighted by Crippen LogP contribution is 1.95. The zero-order valence-corrected chi connectivity index (χ0v) is 9.08. The van der Waals surface area contributed by atoms with Crippen LogP contribution >= 0.6 is 0 Å². The van der Waals surface area contributed by atoms with Gasteiger partial charge in [0.05, 0.1) is 0 Å².